The van der Waals surface area contributed by atoms with Gasteiger partial charge >= 0.3 is 0 Å². The average Bonchev–Trinajstić information content (AvgIpc) is 2.87. The Morgan fingerprint density at radius 2 is 2.08 bits per heavy atom. The highest BCUT2D eigenvalue weighted by molar-refractivity contribution is 7.91. The van der Waals surface area contributed by atoms with E-state index in [4.69, 9.17) is 0 Å². The highest BCUT2D eigenvalue weighted by Gasteiger charge is 2.30. The van der Waals surface area contributed by atoms with Crippen molar-refractivity contribution in [2.75, 3.05) is 18.1 Å². The Bertz CT molecular complexity index is 827. The SMILES string of the molecule is Cc1ccc(C)c(CN2CCCS(=O)(=O)CC2c2cnn(C)c2)c1. The average molecular weight is 347 g/mol. The Hall–Kier alpha value is -1.66. The summed E-state index contributed by atoms with van der Waals surface area (Å²) in [6.07, 6.45) is 4.41. The number of aromatic nitrogens is 2. The van der Waals surface area contributed by atoms with Crippen molar-refractivity contribution in [1.82, 2.24) is 14.7 Å². The zero-order valence-corrected chi connectivity index (χ0v) is 15.4. The second-order valence-corrected chi connectivity index (χ2v) is 9.06. The third-order valence-electron chi connectivity index (χ3n) is 4.74. The van der Waals surface area contributed by atoms with Crippen LogP contribution in [-0.2, 0) is 23.4 Å². The van der Waals surface area contributed by atoms with Crippen LogP contribution in [-0.4, -0.2) is 41.1 Å². The molecule has 1 saturated heterocycles. The number of nitrogens with zero attached hydrogens (tertiary/aromatic N) is 3. The highest BCUT2D eigenvalue weighted by Crippen LogP contribution is 2.28. The maximum atomic E-state index is 12.3. The second-order valence-electron chi connectivity index (χ2n) is 6.83. The molecule has 1 fully saturated rings. The topological polar surface area (TPSA) is 55.2 Å². The summed E-state index contributed by atoms with van der Waals surface area (Å²) < 4.78 is 26.4. The summed E-state index contributed by atoms with van der Waals surface area (Å²) >= 11 is 0. The Labute approximate surface area is 144 Å². The Balaban J connectivity index is 1.94. The van der Waals surface area contributed by atoms with E-state index in [9.17, 15) is 8.42 Å². The molecule has 6 heteroatoms. The summed E-state index contributed by atoms with van der Waals surface area (Å²) in [6.45, 7) is 5.76. The minimum absolute atomic E-state index is 0.133. The van der Waals surface area contributed by atoms with Gasteiger partial charge in [0.1, 0.15) is 0 Å². The molecule has 1 aromatic carbocycles. The number of sulfone groups is 1. The molecule has 2 heterocycles. The monoisotopic (exact) mass is 347 g/mol. The van der Waals surface area contributed by atoms with Gasteiger partial charge in [-0.1, -0.05) is 23.8 Å². The predicted octanol–water partition coefficient (Wildman–Crippen LogP) is 2.40. The van der Waals surface area contributed by atoms with Gasteiger partial charge in [-0.15, -0.1) is 0 Å². The third-order valence-corrected chi connectivity index (χ3v) is 6.48. The Kier molecular flexibility index (Phi) is 4.78. The van der Waals surface area contributed by atoms with Crippen LogP contribution in [0.1, 0.15) is 34.7 Å². The molecule has 1 atom stereocenters. The maximum Gasteiger partial charge on any atom is 0.152 e. The van der Waals surface area contributed by atoms with Crippen LogP contribution in [0.2, 0.25) is 0 Å². The van der Waals surface area contributed by atoms with Crippen LogP contribution < -0.4 is 0 Å². The lowest BCUT2D eigenvalue weighted by molar-refractivity contribution is 0.208. The van der Waals surface area contributed by atoms with E-state index in [1.807, 2.05) is 13.2 Å². The first-order valence-electron chi connectivity index (χ1n) is 8.33. The molecule has 2 aromatic rings. The van der Waals surface area contributed by atoms with Crippen molar-refractivity contribution in [3.8, 4) is 0 Å². The van der Waals surface area contributed by atoms with E-state index in [0.717, 1.165) is 18.7 Å². The minimum Gasteiger partial charge on any atom is -0.291 e. The summed E-state index contributed by atoms with van der Waals surface area (Å²) in [5.41, 5.74) is 4.73. The van der Waals surface area contributed by atoms with Crippen LogP contribution in [0.3, 0.4) is 0 Å². The van der Waals surface area contributed by atoms with Crippen LogP contribution in [0.15, 0.2) is 30.6 Å². The van der Waals surface area contributed by atoms with E-state index in [2.05, 4.69) is 42.0 Å². The molecule has 0 N–H and O–H groups in total. The lowest BCUT2D eigenvalue weighted by Crippen LogP contribution is -2.31. The van der Waals surface area contributed by atoms with Crippen molar-refractivity contribution in [2.24, 2.45) is 7.05 Å². The van der Waals surface area contributed by atoms with Gasteiger partial charge in [0, 0.05) is 31.9 Å². The smallest absolute Gasteiger partial charge is 0.152 e. The fourth-order valence-corrected chi connectivity index (χ4v) is 4.99. The maximum absolute atomic E-state index is 12.3. The molecule has 0 spiro atoms. The molecule has 0 aliphatic carbocycles. The molecule has 0 radical (unpaired) electrons. The van der Waals surface area contributed by atoms with Crippen LogP contribution in [0, 0.1) is 13.8 Å². The summed E-state index contributed by atoms with van der Waals surface area (Å²) in [4.78, 5) is 2.29. The quantitative estimate of drug-likeness (QED) is 0.855. The van der Waals surface area contributed by atoms with Gasteiger partial charge in [0.25, 0.3) is 0 Å². The number of hydrogen-bond donors (Lipinski definition) is 0. The van der Waals surface area contributed by atoms with Crippen LogP contribution in [0.5, 0.6) is 0 Å². The molecule has 1 aromatic heterocycles. The van der Waals surface area contributed by atoms with Gasteiger partial charge in [0.2, 0.25) is 0 Å². The fraction of sp³-hybridized carbons (Fsp3) is 0.500. The van der Waals surface area contributed by atoms with Crippen molar-refractivity contribution < 1.29 is 8.42 Å². The molecule has 3 rings (SSSR count). The molecular formula is C18H25N3O2S. The van der Waals surface area contributed by atoms with E-state index >= 15 is 0 Å². The van der Waals surface area contributed by atoms with E-state index in [0.29, 0.717) is 6.42 Å². The van der Waals surface area contributed by atoms with Gasteiger partial charge in [-0.25, -0.2) is 8.42 Å². The van der Waals surface area contributed by atoms with E-state index in [1.54, 1.807) is 10.9 Å². The van der Waals surface area contributed by atoms with Crippen molar-refractivity contribution in [1.29, 1.82) is 0 Å². The summed E-state index contributed by atoms with van der Waals surface area (Å²) in [5, 5.41) is 4.24. The lowest BCUT2D eigenvalue weighted by atomic mass is 10.0. The first-order chi connectivity index (χ1) is 11.3. The first kappa shape index (κ1) is 17.2. The molecule has 1 aliphatic rings. The van der Waals surface area contributed by atoms with Crippen molar-refractivity contribution in [3.63, 3.8) is 0 Å². The van der Waals surface area contributed by atoms with Gasteiger partial charge < -0.3 is 0 Å². The summed E-state index contributed by atoms with van der Waals surface area (Å²) in [6, 6.07) is 6.32. The van der Waals surface area contributed by atoms with Gasteiger partial charge in [-0.05, 0) is 31.4 Å². The number of rotatable bonds is 3. The highest BCUT2D eigenvalue weighted by atomic mass is 32.2. The summed E-state index contributed by atoms with van der Waals surface area (Å²) in [5.74, 6) is 0.441. The van der Waals surface area contributed by atoms with Gasteiger partial charge in [0.05, 0.1) is 23.7 Å². The molecule has 5 nitrogen and oxygen atoms in total. The molecular weight excluding hydrogens is 322 g/mol. The van der Waals surface area contributed by atoms with Gasteiger partial charge in [-0.3, -0.25) is 9.58 Å². The fourth-order valence-electron chi connectivity index (χ4n) is 3.37. The number of benzene rings is 1. The summed E-state index contributed by atoms with van der Waals surface area (Å²) in [7, 11) is -1.16. The molecule has 0 saturated carbocycles. The molecule has 130 valence electrons. The third kappa shape index (κ3) is 3.87. The normalized spacial score (nSPS) is 21.5. The molecule has 1 unspecified atom stereocenters. The predicted molar refractivity (Wildman–Crippen MR) is 95.5 cm³/mol. The van der Waals surface area contributed by atoms with E-state index < -0.39 is 9.84 Å². The second kappa shape index (κ2) is 6.69. The largest absolute Gasteiger partial charge is 0.291 e. The van der Waals surface area contributed by atoms with Crippen molar-refractivity contribution in [3.05, 3.63) is 52.8 Å². The minimum atomic E-state index is -3.03. The van der Waals surface area contributed by atoms with E-state index in [1.165, 1.54) is 16.7 Å². The molecule has 0 bridgehead atoms. The number of aryl methyl sites for hydroxylation is 3. The zero-order chi connectivity index (χ0) is 17.3. The van der Waals surface area contributed by atoms with Crippen LogP contribution >= 0.6 is 0 Å². The van der Waals surface area contributed by atoms with Crippen LogP contribution in [0.25, 0.3) is 0 Å². The molecule has 24 heavy (non-hydrogen) atoms. The Morgan fingerprint density at radius 1 is 1.29 bits per heavy atom. The number of hydrogen-bond acceptors (Lipinski definition) is 4. The molecule has 0 amide bonds. The van der Waals surface area contributed by atoms with Gasteiger partial charge in [-0.2, -0.15) is 5.10 Å². The molecule has 1 aliphatic heterocycles. The first-order valence-corrected chi connectivity index (χ1v) is 10.2. The van der Waals surface area contributed by atoms with Gasteiger partial charge in [0.15, 0.2) is 9.84 Å². The van der Waals surface area contributed by atoms with E-state index in [-0.39, 0.29) is 17.5 Å². The van der Waals surface area contributed by atoms with Crippen molar-refractivity contribution in [2.45, 2.75) is 32.9 Å². The zero-order valence-electron chi connectivity index (χ0n) is 14.6. The van der Waals surface area contributed by atoms with Crippen molar-refractivity contribution >= 4 is 9.84 Å². The van der Waals surface area contributed by atoms with Crippen LogP contribution in [0.4, 0.5) is 0 Å². The lowest BCUT2D eigenvalue weighted by Gasteiger charge is -2.29. The standard InChI is InChI=1S/C18H25N3O2S/c1-14-5-6-15(2)16(9-14)12-21-7-4-8-24(22,23)13-18(21)17-10-19-20(3)11-17/h5-6,9-11,18H,4,7-8,12-13H2,1-3H3. The Morgan fingerprint density at radius 3 is 2.79 bits per heavy atom.